The lowest BCUT2D eigenvalue weighted by molar-refractivity contribution is -0.139. The summed E-state index contributed by atoms with van der Waals surface area (Å²) >= 11 is 0. The molecule has 2 aromatic carbocycles. The Morgan fingerprint density at radius 3 is 2.39 bits per heavy atom. The summed E-state index contributed by atoms with van der Waals surface area (Å²) in [5.74, 6) is -0.00824. The number of hydrogen-bond acceptors (Lipinski definition) is 4. The van der Waals surface area contributed by atoms with Gasteiger partial charge in [0.25, 0.3) is 0 Å². The molecule has 0 unspecified atom stereocenters. The van der Waals surface area contributed by atoms with E-state index in [0.717, 1.165) is 16.7 Å². The fraction of sp³-hybridized carbons (Fsp3) is 0.111. The van der Waals surface area contributed by atoms with Crippen molar-refractivity contribution in [2.75, 3.05) is 7.11 Å². The Labute approximate surface area is 132 Å². The molecule has 1 aromatic heterocycles. The van der Waals surface area contributed by atoms with E-state index < -0.39 is 0 Å². The number of aromatic nitrogens is 1. The van der Waals surface area contributed by atoms with Crippen LogP contribution in [-0.4, -0.2) is 18.2 Å². The van der Waals surface area contributed by atoms with Gasteiger partial charge >= 0.3 is 5.97 Å². The van der Waals surface area contributed by atoms with Crippen molar-refractivity contribution in [2.45, 2.75) is 6.42 Å². The summed E-state index contributed by atoms with van der Waals surface area (Å²) in [6.45, 7) is 0. The average Bonchev–Trinajstić information content (AvgIpc) is 3.06. The van der Waals surface area contributed by atoms with Crippen LogP contribution in [0.4, 0.5) is 4.39 Å². The second-order valence-electron chi connectivity index (χ2n) is 5.03. The highest BCUT2D eigenvalue weighted by Gasteiger charge is 2.09. The number of hydrogen-bond donors (Lipinski definition) is 0. The van der Waals surface area contributed by atoms with Gasteiger partial charge in [-0.05, 0) is 29.8 Å². The minimum atomic E-state index is -0.297. The van der Waals surface area contributed by atoms with E-state index >= 15 is 0 Å². The molecule has 0 bridgehead atoms. The Kier molecular flexibility index (Phi) is 4.19. The number of carbonyl (C=O) groups is 1. The first-order valence-corrected chi connectivity index (χ1v) is 7.04. The average molecular weight is 311 g/mol. The topological polar surface area (TPSA) is 52.3 Å². The molecule has 0 fully saturated rings. The van der Waals surface area contributed by atoms with Crippen molar-refractivity contribution in [3.63, 3.8) is 0 Å². The smallest absolute Gasteiger partial charge is 0.309 e. The summed E-state index contributed by atoms with van der Waals surface area (Å²) in [7, 11) is 1.36. The first-order chi connectivity index (χ1) is 11.2. The van der Waals surface area contributed by atoms with Crippen molar-refractivity contribution in [2.24, 2.45) is 0 Å². The minimum Gasteiger partial charge on any atom is -0.469 e. The molecule has 0 atom stereocenters. The lowest BCUT2D eigenvalue weighted by Crippen LogP contribution is -2.04. The van der Waals surface area contributed by atoms with Crippen LogP contribution < -0.4 is 0 Å². The molecule has 3 aromatic rings. The molecule has 116 valence electrons. The van der Waals surface area contributed by atoms with E-state index in [1.807, 2.05) is 24.3 Å². The van der Waals surface area contributed by atoms with Gasteiger partial charge in [-0.1, -0.05) is 29.4 Å². The fourth-order valence-electron chi connectivity index (χ4n) is 2.19. The highest BCUT2D eigenvalue weighted by molar-refractivity contribution is 5.73. The molecule has 0 spiro atoms. The van der Waals surface area contributed by atoms with Crippen LogP contribution in [-0.2, 0) is 16.0 Å². The number of methoxy groups -OCH3 is 1. The predicted molar refractivity (Wildman–Crippen MR) is 83.1 cm³/mol. The first kappa shape index (κ1) is 15.0. The molecule has 0 amide bonds. The summed E-state index contributed by atoms with van der Waals surface area (Å²) in [5.41, 5.74) is 3.17. The lowest BCUT2D eigenvalue weighted by Gasteiger charge is -2.01. The summed E-state index contributed by atoms with van der Waals surface area (Å²) in [5, 5.41) is 4.03. The predicted octanol–water partition coefficient (Wildman–Crippen LogP) is 3.86. The molecule has 0 aliphatic rings. The molecule has 0 aliphatic heterocycles. The Bertz CT molecular complexity index is 807. The van der Waals surface area contributed by atoms with Crippen molar-refractivity contribution in [3.05, 3.63) is 66.0 Å². The number of esters is 1. The summed E-state index contributed by atoms with van der Waals surface area (Å²) < 4.78 is 22.9. The summed E-state index contributed by atoms with van der Waals surface area (Å²) in [6.07, 6.45) is 0.233. The van der Waals surface area contributed by atoms with Crippen molar-refractivity contribution >= 4 is 5.97 Å². The SMILES string of the molecule is COC(=O)Cc1ccc(-c2cc(-c3ccc(F)cc3)on2)cc1. The number of rotatable bonds is 4. The largest absolute Gasteiger partial charge is 0.469 e. The van der Waals surface area contributed by atoms with E-state index in [4.69, 9.17) is 4.52 Å². The van der Waals surface area contributed by atoms with Gasteiger partial charge in [0.15, 0.2) is 5.76 Å². The van der Waals surface area contributed by atoms with Gasteiger partial charge in [-0.2, -0.15) is 0 Å². The second-order valence-corrected chi connectivity index (χ2v) is 5.03. The Balaban J connectivity index is 1.80. The molecule has 0 aliphatic carbocycles. The molecule has 3 rings (SSSR count). The Morgan fingerprint density at radius 1 is 1.09 bits per heavy atom. The van der Waals surface area contributed by atoms with Crippen LogP contribution in [0.25, 0.3) is 22.6 Å². The second kappa shape index (κ2) is 6.44. The molecule has 0 radical (unpaired) electrons. The molecular formula is C18H14FNO3. The van der Waals surface area contributed by atoms with Gasteiger partial charge in [0.2, 0.25) is 0 Å². The molecular weight excluding hydrogens is 297 g/mol. The van der Waals surface area contributed by atoms with E-state index in [9.17, 15) is 9.18 Å². The van der Waals surface area contributed by atoms with Crippen LogP contribution in [0.15, 0.2) is 59.1 Å². The fourth-order valence-corrected chi connectivity index (χ4v) is 2.19. The zero-order valence-corrected chi connectivity index (χ0v) is 12.5. The van der Waals surface area contributed by atoms with Gasteiger partial charge in [-0.25, -0.2) is 4.39 Å². The molecule has 1 heterocycles. The minimum absolute atomic E-state index is 0.233. The number of benzene rings is 2. The van der Waals surface area contributed by atoms with Crippen LogP contribution in [0.3, 0.4) is 0 Å². The van der Waals surface area contributed by atoms with Crippen LogP contribution in [0, 0.1) is 5.82 Å². The van der Waals surface area contributed by atoms with Gasteiger partial charge in [0, 0.05) is 17.2 Å². The molecule has 0 N–H and O–H groups in total. The van der Waals surface area contributed by atoms with Gasteiger partial charge < -0.3 is 9.26 Å². The van der Waals surface area contributed by atoms with Gasteiger partial charge in [0.05, 0.1) is 13.5 Å². The quantitative estimate of drug-likeness (QED) is 0.686. The zero-order chi connectivity index (χ0) is 16.2. The Hall–Kier alpha value is -2.95. The molecule has 5 heteroatoms. The summed E-state index contributed by atoms with van der Waals surface area (Å²) in [4.78, 5) is 11.2. The van der Waals surface area contributed by atoms with Crippen molar-refractivity contribution in [3.8, 4) is 22.6 Å². The lowest BCUT2D eigenvalue weighted by atomic mass is 10.1. The molecule has 0 saturated carbocycles. The maximum absolute atomic E-state index is 12.9. The third-order valence-corrected chi connectivity index (χ3v) is 3.46. The van der Waals surface area contributed by atoms with Gasteiger partial charge in [-0.3, -0.25) is 4.79 Å². The number of ether oxygens (including phenoxy) is 1. The highest BCUT2D eigenvalue weighted by atomic mass is 19.1. The number of carbonyl (C=O) groups excluding carboxylic acids is 1. The molecule has 4 nitrogen and oxygen atoms in total. The van der Waals surface area contributed by atoms with Crippen molar-refractivity contribution < 1.29 is 18.4 Å². The Morgan fingerprint density at radius 2 is 1.74 bits per heavy atom. The number of halogens is 1. The van der Waals surface area contributed by atoms with Crippen molar-refractivity contribution in [1.82, 2.24) is 5.16 Å². The maximum Gasteiger partial charge on any atom is 0.309 e. The van der Waals surface area contributed by atoms with Gasteiger partial charge in [0.1, 0.15) is 11.5 Å². The van der Waals surface area contributed by atoms with Crippen LogP contribution in [0.1, 0.15) is 5.56 Å². The van der Waals surface area contributed by atoms with Crippen LogP contribution in [0.2, 0.25) is 0 Å². The zero-order valence-electron chi connectivity index (χ0n) is 12.5. The number of nitrogens with zero attached hydrogens (tertiary/aromatic N) is 1. The van der Waals surface area contributed by atoms with Gasteiger partial charge in [-0.15, -0.1) is 0 Å². The first-order valence-electron chi connectivity index (χ1n) is 7.04. The summed E-state index contributed by atoms with van der Waals surface area (Å²) in [6, 6.07) is 15.2. The van der Waals surface area contributed by atoms with Crippen molar-refractivity contribution in [1.29, 1.82) is 0 Å². The van der Waals surface area contributed by atoms with E-state index in [1.165, 1.54) is 19.2 Å². The van der Waals surface area contributed by atoms with E-state index in [0.29, 0.717) is 11.5 Å². The van der Waals surface area contributed by atoms with E-state index in [1.54, 1.807) is 18.2 Å². The van der Waals surface area contributed by atoms with Crippen LogP contribution >= 0.6 is 0 Å². The maximum atomic E-state index is 12.9. The standard InChI is InChI=1S/C18H14FNO3/c1-22-18(21)10-12-2-4-13(5-3-12)16-11-17(23-20-16)14-6-8-15(19)9-7-14/h2-9,11H,10H2,1H3. The van der Waals surface area contributed by atoms with E-state index in [-0.39, 0.29) is 18.2 Å². The highest BCUT2D eigenvalue weighted by Crippen LogP contribution is 2.26. The van der Waals surface area contributed by atoms with Crippen LogP contribution in [0.5, 0.6) is 0 Å². The third-order valence-electron chi connectivity index (χ3n) is 3.46. The molecule has 0 saturated heterocycles. The third kappa shape index (κ3) is 3.45. The molecule has 23 heavy (non-hydrogen) atoms. The monoisotopic (exact) mass is 311 g/mol. The van der Waals surface area contributed by atoms with E-state index in [2.05, 4.69) is 9.89 Å². The normalized spacial score (nSPS) is 10.5.